The lowest BCUT2D eigenvalue weighted by atomic mass is 9.97. The van der Waals surface area contributed by atoms with Gasteiger partial charge in [0.15, 0.2) is 0 Å². The van der Waals surface area contributed by atoms with E-state index in [0.717, 1.165) is 24.6 Å². The highest BCUT2D eigenvalue weighted by Gasteiger charge is 2.21. The molecule has 1 aliphatic rings. The molecule has 4 heteroatoms. The molecule has 1 heterocycles. The number of benzene rings is 1. The molecular formula is C10H10F3N. The highest BCUT2D eigenvalue weighted by molar-refractivity contribution is 5.28. The molecule has 14 heavy (non-hydrogen) atoms. The summed E-state index contributed by atoms with van der Waals surface area (Å²) in [5.74, 6) is -0.814. The first-order valence-electron chi connectivity index (χ1n) is 4.49. The molecule has 0 aliphatic carbocycles. The Hall–Kier alpha value is -1.03. The van der Waals surface area contributed by atoms with Crippen molar-refractivity contribution in [2.75, 3.05) is 6.54 Å². The lowest BCUT2D eigenvalue weighted by molar-refractivity contribution is 0.146. The van der Waals surface area contributed by atoms with E-state index >= 15 is 0 Å². The summed E-state index contributed by atoms with van der Waals surface area (Å²) in [6, 6.07) is 4.05. The van der Waals surface area contributed by atoms with Gasteiger partial charge in [0, 0.05) is 6.04 Å². The van der Waals surface area contributed by atoms with Crippen LogP contribution in [0.5, 0.6) is 0 Å². The van der Waals surface area contributed by atoms with Crippen LogP contribution in [0.3, 0.4) is 0 Å². The van der Waals surface area contributed by atoms with Crippen molar-refractivity contribution in [3.05, 3.63) is 35.1 Å². The first-order valence-corrected chi connectivity index (χ1v) is 4.49. The van der Waals surface area contributed by atoms with Crippen molar-refractivity contribution in [1.29, 1.82) is 0 Å². The molecule has 1 atom stereocenters. The average molecular weight is 201 g/mol. The van der Waals surface area contributed by atoms with Gasteiger partial charge < -0.3 is 5.32 Å². The van der Waals surface area contributed by atoms with Gasteiger partial charge in [0.2, 0.25) is 0 Å². The maximum atomic E-state index is 13.1. The van der Waals surface area contributed by atoms with Gasteiger partial charge in [0.05, 0.1) is 5.56 Å². The molecule has 0 spiro atoms. The molecule has 0 amide bonds. The van der Waals surface area contributed by atoms with E-state index in [1.165, 1.54) is 6.07 Å². The first kappa shape index (κ1) is 9.52. The van der Waals surface area contributed by atoms with Crippen molar-refractivity contribution in [2.45, 2.75) is 18.9 Å². The average Bonchev–Trinajstić information content (AvgIpc) is 2.00. The van der Waals surface area contributed by atoms with Crippen molar-refractivity contribution in [1.82, 2.24) is 5.32 Å². The summed E-state index contributed by atoms with van der Waals surface area (Å²) >= 11 is 0. The topological polar surface area (TPSA) is 12.0 Å². The third kappa shape index (κ3) is 1.62. The predicted molar refractivity (Wildman–Crippen MR) is 46.7 cm³/mol. The van der Waals surface area contributed by atoms with E-state index in [0.29, 0.717) is 0 Å². The lowest BCUT2D eigenvalue weighted by Gasteiger charge is -2.28. The van der Waals surface area contributed by atoms with Crippen LogP contribution in [0.15, 0.2) is 18.2 Å². The summed E-state index contributed by atoms with van der Waals surface area (Å²) in [7, 11) is 0. The van der Waals surface area contributed by atoms with Crippen LogP contribution < -0.4 is 5.32 Å². The van der Waals surface area contributed by atoms with E-state index in [-0.39, 0.29) is 6.04 Å². The predicted octanol–water partition coefficient (Wildman–Crippen LogP) is 2.80. The van der Waals surface area contributed by atoms with Crippen LogP contribution in [0.1, 0.15) is 30.0 Å². The van der Waals surface area contributed by atoms with Crippen LogP contribution in [0.2, 0.25) is 0 Å². The van der Waals surface area contributed by atoms with Gasteiger partial charge >= 0.3 is 0 Å². The number of nitrogens with one attached hydrogen (secondary N) is 1. The maximum Gasteiger partial charge on any atom is 0.266 e. The van der Waals surface area contributed by atoms with Crippen LogP contribution >= 0.6 is 0 Å². The number of rotatable bonds is 2. The first-order chi connectivity index (χ1) is 6.68. The molecule has 1 aliphatic heterocycles. The van der Waals surface area contributed by atoms with Gasteiger partial charge in [0.1, 0.15) is 5.82 Å². The second-order valence-corrected chi connectivity index (χ2v) is 3.38. The lowest BCUT2D eigenvalue weighted by Crippen LogP contribution is -2.34. The summed E-state index contributed by atoms with van der Waals surface area (Å²) < 4.78 is 37.5. The van der Waals surface area contributed by atoms with Gasteiger partial charge in [-0.05, 0) is 24.6 Å². The van der Waals surface area contributed by atoms with E-state index in [4.69, 9.17) is 0 Å². The zero-order chi connectivity index (χ0) is 10.1. The molecule has 0 aromatic heterocycles. The van der Waals surface area contributed by atoms with E-state index in [1.807, 2.05) is 0 Å². The Kier molecular flexibility index (Phi) is 2.46. The third-order valence-electron chi connectivity index (χ3n) is 2.49. The minimum absolute atomic E-state index is 0.135. The Bertz CT molecular complexity index is 334. The molecule has 1 N–H and O–H groups in total. The molecule has 1 nitrogen and oxygen atoms in total. The van der Waals surface area contributed by atoms with E-state index in [2.05, 4.69) is 5.32 Å². The van der Waals surface area contributed by atoms with Gasteiger partial charge in [-0.15, -0.1) is 0 Å². The quantitative estimate of drug-likeness (QED) is 0.775. The number of halogens is 3. The van der Waals surface area contributed by atoms with Crippen molar-refractivity contribution in [3.8, 4) is 0 Å². The van der Waals surface area contributed by atoms with Crippen molar-refractivity contribution in [3.63, 3.8) is 0 Å². The fourth-order valence-corrected chi connectivity index (χ4v) is 1.51. The number of alkyl halides is 2. The zero-order valence-electron chi connectivity index (χ0n) is 7.43. The smallest absolute Gasteiger partial charge is 0.266 e. The van der Waals surface area contributed by atoms with Gasteiger partial charge in [0.25, 0.3) is 6.43 Å². The highest BCUT2D eigenvalue weighted by atomic mass is 19.3. The molecular weight excluding hydrogens is 191 g/mol. The molecule has 1 aromatic rings. The molecule has 1 aromatic carbocycles. The third-order valence-corrected chi connectivity index (χ3v) is 2.49. The molecule has 76 valence electrons. The molecule has 0 unspecified atom stereocenters. The van der Waals surface area contributed by atoms with E-state index in [1.54, 1.807) is 6.07 Å². The Morgan fingerprint density at radius 1 is 1.36 bits per heavy atom. The molecule has 0 radical (unpaired) electrons. The molecule has 0 bridgehead atoms. The summed E-state index contributed by atoms with van der Waals surface area (Å²) in [5.41, 5.74) is 0.228. The number of hydrogen-bond donors (Lipinski definition) is 1. The fraction of sp³-hybridized carbons (Fsp3) is 0.400. The minimum Gasteiger partial charge on any atom is -0.310 e. The van der Waals surface area contributed by atoms with Gasteiger partial charge in [-0.3, -0.25) is 0 Å². The summed E-state index contributed by atoms with van der Waals surface area (Å²) in [5, 5.41) is 3.08. The summed E-state index contributed by atoms with van der Waals surface area (Å²) in [4.78, 5) is 0. The Balaban J connectivity index is 2.25. The summed E-state index contributed by atoms with van der Waals surface area (Å²) in [6.45, 7) is 0.906. The fourth-order valence-electron chi connectivity index (χ4n) is 1.51. The maximum absolute atomic E-state index is 13.1. The van der Waals surface area contributed by atoms with Crippen LogP contribution in [-0.2, 0) is 0 Å². The van der Waals surface area contributed by atoms with Crippen LogP contribution in [0.25, 0.3) is 0 Å². The molecule has 1 fully saturated rings. The zero-order valence-corrected chi connectivity index (χ0v) is 7.43. The van der Waals surface area contributed by atoms with Crippen molar-refractivity contribution < 1.29 is 13.2 Å². The van der Waals surface area contributed by atoms with E-state index < -0.39 is 17.8 Å². The standard InChI is InChI=1S/C10H10F3N/c11-8-5-6(9-3-4-14-9)1-2-7(8)10(12)13/h1-2,5,9-10,14H,3-4H2/t9-/m1/s1. The van der Waals surface area contributed by atoms with Gasteiger partial charge in [-0.1, -0.05) is 12.1 Å². The molecule has 2 rings (SSSR count). The van der Waals surface area contributed by atoms with Crippen molar-refractivity contribution >= 4 is 0 Å². The van der Waals surface area contributed by atoms with Crippen molar-refractivity contribution in [2.24, 2.45) is 0 Å². The molecule has 1 saturated heterocycles. The second-order valence-electron chi connectivity index (χ2n) is 3.38. The molecule has 0 saturated carbocycles. The Labute approximate surface area is 79.9 Å². The number of hydrogen-bond acceptors (Lipinski definition) is 1. The van der Waals surface area contributed by atoms with Gasteiger partial charge in [-0.25, -0.2) is 13.2 Å². The van der Waals surface area contributed by atoms with Crippen LogP contribution in [0, 0.1) is 5.82 Å². The van der Waals surface area contributed by atoms with Crippen LogP contribution in [-0.4, -0.2) is 6.54 Å². The highest BCUT2D eigenvalue weighted by Crippen LogP contribution is 2.28. The monoisotopic (exact) mass is 201 g/mol. The van der Waals surface area contributed by atoms with E-state index in [9.17, 15) is 13.2 Å². The second kappa shape index (κ2) is 3.61. The van der Waals surface area contributed by atoms with Gasteiger partial charge in [-0.2, -0.15) is 0 Å². The minimum atomic E-state index is -2.74. The largest absolute Gasteiger partial charge is 0.310 e. The Morgan fingerprint density at radius 2 is 2.07 bits per heavy atom. The summed E-state index contributed by atoms with van der Waals surface area (Å²) in [6.07, 6.45) is -1.80. The normalized spacial score (nSPS) is 21.0. The van der Waals surface area contributed by atoms with Crippen LogP contribution in [0.4, 0.5) is 13.2 Å². The SMILES string of the molecule is Fc1cc([C@H]2CCN2)ccc1C(F)F. The Morgan fingerprint density at radius 3 is 2.50 bits per heavy atom.